The molecule has 0 radical (unpaired) electrons. The van der Waals surface area contributed by atoms with Crippen molar-refractivity contribution in [1.82, 2.24) is 15.5 Å². The van der Waals surface area contributed by atoms with Gasteiger partial charge < -0.3 is 25.0 Å². The van der Waals surface area contributed by atoms with Crippen LogP contribution in [0, 0.1) is 0 Å². The number of nitrogens with zero attached hydrogens (tertiary/aromatic N) is 2. The van der Waals surface area contributed by atoms with Crippen LogP contribution in [0.15, 0.2) is 23.2 Å². The highest BCUT2D eigenvalue weighted by Crippen LogP contribution is 2.32. The van der Waals surface area contributed by atoms with Crippen LogP contribution in [-0.2, 0) is 6.42 Å². The van der Waals surface area contributed by atoms with Crippen molar-refractivity contribution in [2.24, 2.45) is 4.99 Å². The summed E-state index contributed by atoms with van der Waals surface area (Å²) in [7, 11) is 1.82. The Hall–Kier alpha value is -1.95. The Labute approximate surface area is 158 Å². The molecule has 0 spiro atoms. The fourth-order valence-corrected chi connectivity index (χ4v) is 3.08. The molecule has 2 rings (SSSR count). The van der Waals surface area contributed by atoms with Gasteiger partial charge in [0.2, 0.25) is 6.79 Å². The lowest BCUT2D eigenvalue weighted by Gasteiger charge is -2.21. The van der Waals surface area contributed by atoms with Crippen molar-refractivity contribution in [1.29, 1.82) is 0 Å². The summed E-state index contributed by atoms with van der Waals surface area (Å²) in [5.41, 5.74) is 1.23. The number of aliphatic imine (C=N–C) groups is 1. The van der Waals surface area contributed by atoms with Crippen molar-refractivity contribution in [3.63, 3.8) is 0 Å². The molecule has 0 bridgehead atoms. The molecule has 26 heavy (non-hydrogen) atoms. The maximum atomic E-state index is 5.43. The van der Waals surface area contributed by atoms with E-state index in [0.717, 1.165) is 56.5 Å². The van der Waals surface area contributed by atoms with Gasteiger partial charge in [-0.3, -0.25) is 4.99 Å². The second-order valence-corrected chi connectivity index (χ2v) is 6.65. The third-order valence-electron chi connectivity index (χ3n) is 4.76. The number of hydrogen-bond acceptors (Lipinski definition) is 4. The lowest BCUT2D eigenvalue weighted by molar-refractivity contribution is 0.174. The molecule has 0 amide bonds. The Morgan fingerprint density at radius 3 is 2.73 bits per heavy atom. The number of ether oxygens (including phenoxy) is 2. The molecule has 2 N–H and O–H groups in total. The predicted molar refractivity (Wildman–Crippen MR) is 107 cm³/mol. The van der Waals surface area contributed by atoms with Gasteiger partial charge in [0.05, 0.1) is 0 Å². The van der Waals surface area contributed by atoms with Gasteiger partial charge in [-0.2, -0.15) is 0 Å². The molecular weight excluding hydrogens is 328 g/mol. The molecule has 0 fully saturated rings. The van der Waals surface area contributed by atoms with Gasteiger partial charge in [-0.1, -0.05) is 19.9 Å². The number of nitrogens with one attached hydrogen (secondary N) is 2. The van der Waals surface area contributed by atoms with Gasteiger partial charge in [0, 0.05) is 19.6 Å². The second kappa shape index (κ2) is 10.9. The topological polar surface area (TPSA) is 58.1 Å². The van der Waals surface area contributed by atoms with Crippen molar-refractivity contribution in [3.8, 4) is 11.5 Å². The molecule has 6 heteroatoms. The highest BCUT2D eigenvalue weighted by molar-refractivity contribution is 5.79. The smallest absolute Gasteiger partial charge is 0.231 e. The zero-order valence-electron chi connectivity index (χ0n) is 16.7. The van der Waals surface area contributed by atoms with E-state index in [4.69, 9.17) is 9.47 Å². The summed E-state index contributed by atoms with van der Waals surface area (Å²) >= 11 is 0. The normalized spacial score (nSPS) is 14.6. The summed E-state index contributed by atoms with van der Waals surface area (Å²) in [5, 5.41) is 6.87. The van der Waals surface area contributed by atoms with Crippen LogP contribution in [0.1, 0.15) is 39.2 Å². The Morgan fingerprint density at radius 1 is 1.23 bits per heavy atom. The summed E-state index contributed by atoms with van der Waals surface area (Å²) in [6.45, 7) is 11.2. The molecule has 0 saturated heterocycles. The number of benzene rings is 1. The zero-order chi connectivity index (χ0) is 18.8. The molecule has 1 heterocycles. The first-order valence-electron chi connectivity index (χ1n) is 9.74. The maximum absolute atomic E-state index is 5.43. The maximum Gasteiger partial charge on any atom is 0.231 e. The summed E-state index contributed by atoms with van der Waals surface area (Å²) in [6, 6.07) is 6.52. The fourth-order valence-electron chi connectivity index (χ4n) is 3.08. The lowest BCUT2D eigenvalue weighted by Crippen LogP contribution is -2.43. The van der Waals surface area contributed by atoms with Crippen LogP contribution in [0.3, 0.4) is 0 Å². The van der Waals surface area contributed by atoms with Crippen molar-refractivity contribution in [2.75, 3.05) is 40.0 Å². The van der Waals surface area contributed by atoms with Crippen LogP contribution < -0.4 is 20.1 Å². The van der Waals surface area contributed by atoms with Crippen LogP contribution in [0.2, 0.25) is 0 Å². The summed E-state index contributed by atoms with van der Waals surface area (Å²) < 4.78 is 10.8. The molecule has 0 saturated carbocycles. The third kappa shape index (κ3) is 6.41. The van der Waals surface area contributed by atoms with E-state index in [1.54, 1.807) is 0 Å². The first-order valence-corrected chi connectivity index (χ1v) is 9.74. The highest BCUT2D eigenvalue weighted by Gasteiger charge is 2.13. The van der Waals surface area contributed by atoms with E-state index >= 15 is 0 Å². The average molecular weight is 363 g/mol. The van der Waals surface area contributed by atoms with Crippen LogP contribution in [0.4, 0.5) is 0 Å². The van der Waals surface area contributed by atoms with Gasteiger partial charge in [0.1, 0.15) is 0 Å². The van der Waals surface area contributed by atoms with E-state index in [9.17, 15) is 0 Å². The molecule has 1 atom stereocenters. The van der Waals surface area contributed by atoms with Gasteiger partial charge in [-0.05, 0) is 63.5 Å². The van der Waals surface area contributed by atoms with Crippen LogP contribution in [0.5, 0.6) is 11.5 Å². The van der Waals surface area contributed by atoms with E-state index in [1.807, 2.05) is 13.1 Å². The van der Waals surface area contributed by atoms with Crippen LogP contribution >= 0.6 is 0 Å². The van der Waals surface area contributed by atoms with Crippen molar-refractivity contribution in [3.05, 3.63) is 23.8 Å². The SMILES string of the molecule is CCN(CC)CCCC(C)NC(=NC)NCCc1ccc2c(c1)OCO2. The minimum absolute atomic E-state index is 0.319. The quantitative estimate of drug-likeness (QED) is 0.495. The van der Waals surface area contributed by atoms with Gasteiger partial charge in [0.15, 0.2) is 17.5 Å². The molecule has 1 aliphatic rings. The van der Waals surface area contributed by atoms with E-state index in [-0.39, 0.29) is 0 Å². The molecule has 0 aliphatic carbocycles. The summed E-state index contributed by atoms with van der Waals surface area (Å²) in [5.74, 6) is 2.53. The molecular formula is C20H34N4O2. The summed E-state index contributed by atoms with van der Waals surface area (Å²) in [4.78, 5) is 6.80. The standard InChI is InChI=1S/C20H34N4O2/c1-5-24(6-2)13-7-8-16(3)23-20(21-4)22-12-11-17-9-10-18-19(14-17)26-15-25-18/h9-10,14,16H,5-8,11-13,15H2,1-4H3,(H2,21,22,23). The average Bonchev–Trinajstić information content (AvgIpc) is 3.12. The van der Waals surface area contributed by atoms with Gasteiger partial charge in [0.25, 0.3) is 0 Å². The molecule has 146 valence electrons. The Morgan fingerprint density at radius 2 is 2.00 bits per heavy atom. The molecule has 1 unspecified atom stereocenters. The lowest BCUT2D eigenvalue weighted by atomic mass is 10.1. The zero-order valence-corrected chi connectivity index (χ0v) is 16.7. The predicted octanol–water partition coefficient (Wildman–Crippen LogP) is 2.63. The second-order valence-electron chi connectivity index (χ2n) is 6.65. The fraction of sp³-hybridized carbons (Fsp3) is 0.650. The third-order valence-corrected chi connectivity index (χ3v) is 4.76. The van der Waals surface area contributed by atoms with E-state index in [2.05, 4.69) is 53.4 Å². The van der Waals surface area contributed by atoms with Crippen LogP contribution in [-0.4, -0.2) is 56.9 Å². The highest BCUT2D eigenvalue weighted by atomic mass is 16.7. The number of rotatable bonds is 10. The Balaban J connectivity index is 1.67. The van der Waals surface area contributed by atoms with Crippen molar-refractivity contribution >= 4 is 5.96 Å². The number of guanidine groups is 1. The van der Waals surface area contributed by atoms with E-state index in [1.165, 1.54) is 12.0 Å². The first kappa shape index (κ1) is 20.4. The number of fused-ring (bicyclic) bond motifs is 1. The molecule has 1 aliphatic heterocycles. The largest absolute Gasteiger partial charge is 0.454 e. The first-order chi connectivity index (χ1) is 12.7. The van der Waals surface area contributed by atoms with Crippen molar-refractivity contribution in [2.45, 2.75) is 46.1 Å². The molecule has 6 nitrogen and oxygen atoms in total. The Bertz CT molecular complexity index is 573. The summed E-state index contributed by atoms with van der Waals surface area (Å²) in [6.07, 6.45) is 3.25. The monoisotopic (exact) mass is 362 g/mol. The van der Waals surface area contributed by atoms with Crippen molar-refractivity contribution < 1.29 is 9.47 Å². The minimum Gasteiger partial charge on any atom is -0.454 e. The van der Waals surface area contributed by atoms with E-state index < -0.39 is 0 Å². The molecule has 1 aromatic rings. The molecule has 1 aromatic carbocycles. The van der Waals surface area contributed by atoms with Gasteiger partial charge in [-0.15, -0.1) is 0 Å². The minimum atomic E-state index is 0.319. The van der Waals surface area contributed by atoms with Gasteiger partial charge in [-0.25, -0.2) is 0 Å². The number of hydrogen-bond donors (Lipinski definition) is 2. The van der Waals surface area contributed by atoms with Gasteiger partial charge >= 0.3 is 0 Å². The van der Waals surface area contributed by atoms with Crippen LogP contribution in [0.25, 0.3) is 0 Å². The Kier molecular flexibility index (Phi) is 8.54. The van der Waals surface area contributed by atoms with E-state index in [0.29, 0.717) is 12.8 Å². The molecule has 0 aromatic heterocycles.